The first-order valence-electron chi connectivity index (χ1n) is 5.37. The Labute approximate surface area is 110 Å². The van der Waals surface area contributed by atoms with Gasteiger partial charge in [0.25, 0.3) is 0 Å². The number of halogens is 2. The standard InChI is InChI=1S/C13H12ClFN2O/c1-18-13-5-3-10(8-17-13)16-7-9-2-4-12(15)11(14)6-9/h2-6,8,16H,7H2,1H3. The molecule has 0 aliphatic rings. The predicted molar refractivity (Wildman–Crippen MR) is 69.5 cm³/mol. The van der Waals surface area contributed by atoms with Crippen molar-refractivity contribution in [3.8, 4) is 5.88 Å². The van der Waals surface area contributed by atoms with E-state index in [1.54, 1.807) is 31.5 Å². The van der Waals surface area contributed by atoms with Crippen LogP contribution in [0, 0.1) is 5.82 Å². The molecule has 18 heavy (non-hydrogen) atoms. The SMILES string of the molecule is COc1ccc(NCc2ccc(F)c(Cl)c2)cn1. The van der Waals surface area contributed by atoms with E-state index in [2.05, 4.69) is 10.3 Å². The van der Waals surface area contributed by atoms with Gasteiger partial charge in [0.15, 0.2) is 0 Å². The summed E-state index contributed by atoms with van der Waals surface area (Å²) < 4.78 is 17.9. The van der Waals surface area contributed by atoms with Crippen LogP contribution in [0.25, 0.3) is 0 Å². The molecule has 0 amide bonds. The Morgan fingerprint density at radius 1 is 1.33 bits per heavy atom. The molecule has 0 saturated heterocycles. The van der Waals surface area contributed by atoms with Crippen LogP contribution < -0.4 is 10.1 Å². The highest BCUT2D eigenvalue weighted by Gasteiger charge is 2.01. The molecule has 2 rings (SSSR count). The van der Waals surface area contributed by atoms with Gasteiger partial charge in [-0.25, -0.2) is 9.37 Å². The molecule has 1 aromatic carbocycles. The smallest absolute Gasteiger partial charge is 0.213 e. The summed E-state index contributed by atoms with van der Waals surface area (Å²) in [6, 6.07) is 8.26. The lowest BCUT2D eigenvalue weighted by Gasteiger charge is -2.07. The molecular weight excluding hydrogens is 255 g/mol. The molecule has 2 aromatic rings. The summed E-state index contributed by atoms with van der Waals surface area (Å²) in [4.78, 5) is 4.07. The molecule has 1 N–H and O–H groups in total. The number of hydrogen-bond donors (Lipinski definition) is 1. The van der Waals surface area contributed by atoms with Gasteiger partial charge in [-0.3, -0.25) is 0 Å². The quantitative estimate of drug-likeness (QED) is 0.920. The second-order valence-corrected chi connectivity index (χ2v) is 4.10. The largest absolute Gasteiger partial charge is 0.481 e. The maximum atomic E-state index is 13.0. The second-order valence-electron chi connectivity index (χ2n) is 3.69. The minimum atomic E-state index is -0.411. The molecule has 1 aromatic heterocycles. The van der Waals surface area contributed by atoms with Crippen LogP contribution >= 0.6 is 11.6 Å². The van der Waals surface area contributed by atoms with E-state index in [0.29, 0.717) is 12.4 Å². The number of ether oxygens (including phenoxy) is 1. The molecule has 0 unspecified atom stereocenters. The number of nitrogens with zero attached hydrogens (tertiary/aromatic N) is 1. The van der Waals surface area contributed by atoms with Gasteiger partial charge in [-0.1, -0.05) is 17.7 Å². The molecular formula is C13H12ClFN2O. The first kappa shape index (κ1) is 12.6. The van der Waals surface area contributed by atoms with Gasteiger partial charge in [-0.05, 0) is 23.8 Å². The lowest BCUT2D eigenvalue weighted by Crippen LogP contribution is -2.00. The Hall–Kier alpha value is -1.81. The van der Waals surface area contributed by atoms with E-state index in [4.69, 9.17) is 16.3 Å². The minimum absolute atomic E-state index is 0.127. The van der Waals surface area contributed by atoms with Crippen molar-refractivity contribution >= 4 is 17.3 Å². The van der Waals surface area contributed by atoms with Gasteiger partial charge in [-0.15, -0.1) is 0 Å². The summed E-state index contributed by atoms with van der Waals surface area (Å²) in [7, 11) is 1.57. The monoisotopic (exact) mass is 266 g/mol. The summed E-state index contributed by atoms with van der Waals surface area (Å²) in [6.45, 7) is 0.550. The van der Waals surface area contributed by atoms with E-state index in [1.165, 1.54) is 6.07 Å². The lowest BCUT2D eigenvalue weighted by atomic mass is 10.2. The van der Waals surface area contributed by atoms with E-state index >= 15 is 0 Å². The molecule has 5 heteroatoms. The Morgan fingerprint density at radius 3 is 2.78 bits per heavy atom. The highest BCUT2D eigenvalue weighted by molar-refractivity contribution is 6.30. The second kappa shape index (κ2) is 5.69. The molecule has 0 saturated carbocycles. The van der Waals surface area contributed by atoms with Crippen LogP contribution in [0.3, 0.4) is 0 Å². The third-order valence-electron chi connectivity index (χ3n) is 2.43. The summed E-state index contributed by atoms with van der Waals surface area (Å²) >= 11 is 5.70. The average Bonchev–Trinajstić information content (AvgIpc) is 2.41. The molecule has 0 fully saturated rings. The normalized spacial score (nSPS) is 10.2. The number of benzene rings is 1. The first-order valence-corrected chi connectivity index (χ1v) is 5.74. The van der Waals surface area contributed by atoms with E-state index < -0.39 is 5.82 Å². The summed E-state index contributed by atoms with van der Waals surface area (Å²) in [5.74, 6) is 0.150. The Kier molecular flexibility index (Phi) is 3.99. The summed E-state index contributed by atoms with van der Waals surface area (Å²) in [5, 5.41) is 3.29. The van der Waals surface area contributed by atoms with Gasteiger partial charge < -0.3 is 10.1 Å². The van der Waals surface area contributed by atoms with Crippen molar-refractivity contribution in [3.63, 3.8) is 0 Å². The Bertz CT molecular complexity index is 531. The highest BCUT2D eigenvalue weighted by atomic mass is 35.5. The van der Waals surface area contributed by atoms with Crippen molar-refractivity contribution in [1.29, 1.82) is 0 Å². The maximum absolute atomic E-state index is 13.0. The third kappa shape index (κ3) is 3.11. The number of hydrogen-bond acceptors (Lipinski definition) is 3. The number of anilines is 1. The van der Waals surface area contributed by atoms with E-state index in [1.807, 2.05) is 6.07 Å². The van der Waals surface area contributed by atoms with Crippen LogP contribution in [0.15, 0.2) is 36.5 Å². The van der Waals surface area contributed by atoms with E-state index in [9.17, 15) is 4.39 Å². The maximum Gasteiger partial charge on any atom is 0.213 e. The van der Waals surface area contributed by atoms with Crippen molar-refractivity contribution in [3.05, 3.63) is 52.9 Å². The fraction of sp³-hybridized carbons (Fsp3) is 0.154. The Morgan fingerprint density at radius 2 is 2.17 bits per heavy atom. The number of nitrogens with one attached hydrogen (secondary N) is 1. The molecule has 0 bridgehead atoms. The zero-order chi connectivity index (χ0) is 13.0. The molecule has 3 nitrogen and oxygen atoms in total. The molecule has 1 heterocycles. The fourth-order valence-electron chi connectivity index (χ4n) is 1.46. The zero-order valence-electron chi connectivity index (χ0n) is 9.78. The Balaban J connectivity index is 1.99. The van der Waals surface area contributed by atoms with Crippen molar-refractivity contribution < 1.29 is 9.13 Å². The summed E-state index contributed by atoms with van der Waals surface area (Å²) in [5.41, 5.74) is 1.76. The molecule has 0 spiro atoms. The lowest BCUT2D eigenvalue weighted by molar-refractivity contribution is 0.398. The first-order chi connectivity index (χ1) is 8.69. The third-order valence-corrected chi connectivity index (χ3v) is 2.72. The number of pyridine rings is 1. The van der Waals surface area contributed by atoms with Gasteiger partial charge in [0, 0.05) is 12.6 Å². The van der Waals surface area contributed by atoms with Crippen molar-refractivity contribution in [2.24, 2.45) is 0 Å². The number of rotatable bonds is 4. The van der Waals surface area contributed by atoms with Crippen LogP contribution in [0.5, 0.6) is 5.88 Å². The van der Waals surface area contributed by atoms with Crippen LogP contribution in [0.1, 0.15) is 5.56 Å². The van der Waals surface area contributed by atoms with Crippen LogP contribution in [0.4, 0.5) is 10.1 Å². The molecule has 0 radical (unpaired) electrons. The van der Waals surface area contributed by atoms with E-state index in [-0.39, 0.29) is 5.02 Å². The highest BCUT2D eigenvalue weighted by Crippen LogP contribution is 2.17. The predicted octanol–water partition coefficient (Wildman–Crippen LogP) is 3.49. The van der Waals surface area contributed by atoms with E-state index in [0.717, 1.165) is 11.3 Å². The fourth-order valence-corrected chi connectivity index (χ4v) is 1.66. The molecule has 94 valence electrons. The number of aromatic nitrogens is 1. The molecule has 0 aliphatic heterocycles. The van der Waals surface area contributed by atoms with Gasteiger partial charge in [-0.2, -0.15) is 0 Å². The molecule has 0 aliphatic carbocycles. The summed E-state index contributed by atoms with van der Waals surface area (Å²) in [6.07, 6.45) is 1.67. The average molecular weight is 267 g/mol. The van der Waals surface area contributed by atoms with Crippen LogP contribution in [-0.4, -0.2) is 12.1 Å². The van der Waals surface area contributed by atoms with Crippen molar-refractivity contribution in [2.45, 2.75) is 6.54 Å². The van der Waals surface area contributed by atoms with Crippen molar-refractivity contribution in [1.82, 2.24) is 4.98 Å². The van der Waals surface area contributed by atoms with Gasteiger partial charge >= 0.3 is 0 Å². The van der Waals surface area contributed by atoms with Gasteiger partial charge in [0.2, 0.25) is 5.88 Å². The van der Waals surface area contributed by atoms with Gasteiger partial charge in [0.1, 0.15) is 5.82 Å². The van der Waals surface area contributed by atoms with Crippen LogP contribution in [0.2, 0.25) is 5.02 Å². The van der Waals surface area contributed by atoms with Crippen molar-refractivity contribution in [2.75, 3.05) is 12.4 Å². The van der Waals surface area contributed by atoms with Crippen LogP contribution in [-0.2, 0) is 6.54 Å². The molecule has 0 atom stereocenters. The number of methoxy groups -OCH3 is 1. The zero-order valence-corrected chi connectivity index (χ0v) is 10.5. The van der Waals surface area contributed by atoms with Gasteiger partial charge in [0.05, 0.1) is 24.0 Å². The minimum Gasteiger partial charge on any atom is -0.481 e. The topological polar surface area (TPSA) is 34.1 Å².